The van der Waals surface area contributed by atoms with Crippen LogP contribution in [0.25, 0.3) is 21.9 Å². The van der Waals surface area contributed by atoms with Crippen molar-refractivity contribution in [3.8, 4) is 17.6 Å². The van der Waals surface area contributed by atoms with Crippen LogP contribution in [0.3, 0.4) is 0 Å². The summed E-state index contributed by atoms with van der Waals surface area (Å²) in [5.41, 5.74) is 2.31. The Bertz CT molecular complexity index is 950. The van der Waals surface area contributed by atoms with Gasteiger partial charge in [0.15, 0.2) is 11.5 Å². The molecule has 4 nitrogen and oxygen atoms in total. The predicted molar refractivity (Wildman–Crippen MR) is 106 cm³/mol. The molecule has 26 heavy (non-hydrogen) atoms. The smallest absolute Gasteiger partial charge is 0.161 e. The van der Waals surface area contributed by atoms with E-state index in [1.165, 1.54) is 11.3 Å². The van der Waals surface area contributed by atoms with Crippen LogP contribution < -0.4 is 9.47 Å². The lowest BCUT2D eigenvalue weighted by Gasteiger charge is -2.12. The molecule has 3 aromatic rings. The van der Waals surface area contributed by atoms with Gasteiger partial charge in [-0.3, -0.25) is 0 Å². The highest BCUT2D eigenvalue weighted by molar-refractivity contribution is 7.19. The number of rotatable bonds is 6. The fraction of sp³-hybridized carbons (Fsp3) is 0.238. The second-order valence-electron chi connectivity index (χ2n) is 6.27. The van der Waals surface area contributed by atoms with Crippen LogP contribution in [-0.4, -0.2) is 18.7 Å². The lowest BCUT2D eigenvalue weighted by Crippen LogP contribution is -2.05. The molecular weight excluding hydrogens is 344 g/mol. The number of para-hydroxylation sites is 1. The summed E-state index contributed by atoms with van der Waals surface area (Å²) in [6.07, 6.45) is 1.83. The van der Waals surface area contributed by atoms with E-state index in [0.29, 0.717) is 34.6 Å². The molecule has 0 saturated carbocycles. The fourth-order valence-corrected chi connectivity index (χ4v) is 3.38. The Morgan fingerprint density at radius 1 is 1.23 bits per heavy atom. The summed E-state index contributed by atoms with van der Waals surface area (Å²) in [6.45, 7) is 4.82. The van der Waals surface area contributed by atoms with Crippen molar-refractivity contribution in [2.75, 3.05) is 13.7 Å². The highest BCUT2D eigenvalue weighted by Crippen LogP contribution is 2.32. The zero-order valence-corrected chi connectivity index (χ0v) is 15.8. The summed E-state index contributed by atoms with van der Waals surface area (Å²) in [5, 5.41) is 10.3. The maximum atomic E-state index is 9.58. The topological polar surface area (TPSA) is 55.1 Å². The van der Waals surface area contributed by atoms with E-state index >= 15 is 0 Å². The molecule has 2 aromatic carbocycles. The number of thiazole rings is 1. The average molecular weight is 364 g/mol. The Morgan fingerprint density at radius 2 is 2.04 bits per heavy atom. The van der Waals surface area contributed by atoms with Crippen LogP contribution in [0, 0.1) is 17.2 Å². The maximum absolute atomic E-state index is 9.58. The minimum absolute atomic E-state index is 0.434. The van der Waals surface area contributed by atoms with E-state index in [9.17, 15) is 5.26 Å². The molecule has 3 rings (SSSR count). The summed E-state index contributed by atoms with van der Waals surface area (Å²) in [6, 6.07) is 15.8. The molecule has 0 amide bonds. The van der Waals surface area contributed by atoms with Crippen molar-refractivity contribution in [1.82, 2.24) is 4.98 Å². The number of methoxy groups -OCH3 is 1. The highest BCUT2D eigenvalue weighted by atomic mass is 32.1. The summed E-state index contributed by atoms with van der Waals surface area (Å²) in [4.78, 5) is 4.56. The van der Waals surface area contributed by atoms with E-state index in [1.54, 1.807) is 7.11 Å². The molecule has 0 atom stereocenters. The van der Waals surface area contributed by atoms with E-state index in [1.807, 2.05) is 48.5 Å². The zero-order valence-electron chi connectivity index (χ0n) is 15.0. The Labute approximate surface area is 157 Å². The average Bonchev–Trinajstić information content (AvgIpc) is 3.08. The number of ether oxygens (including phenoxy) is 2. The first-order valence-corrected chi connectivity index (χ1v) is 9.21. The van der Waals surface area contributed by atoms with E-state index in [-0.39, 0.29) is 0 Å². The predicted octanol–water partition coefficient (Wildman–Crippen LogP) is 5.40. The first kappa shape index (κ1) is 18.0. The van der Waals surface area contributed by atoms with Gasteiger partial charge in [0, 0.05) is 0 Å². The molecule has 0 saturated heterocycles. The normalized spacial score (nSPS) is 11.6. The van der Waals surface area contributed by atoms with Crippen molar-refractivity contribution < 1.29 is 9.47 Å². The Balaban J connectivity index is 1.92. The number of allylic oxidation sites excluding steroid dienone is 1. The summed E-state index contributed by atoms with van der Waals surface area (Å²) in [7, 11) is 1.61. The Hall–Kier alpha value is -2.84. The number of hydrogen-bond acceptors (Lipinski definition) is 5. The van der Waals surface area contributed by atoms with Crippen molar-refractivity contribution >= 4 is 33.2 Å². The third kappa shape index (κ3) is 4.04. The summed E-state index contributed by atoms with van der Waals surface area (Å²) >= 11 is 1.52. The van der Waals surface area contributed by atoms with Gasteiger partial charge in [0.05, 0.1) is 29.5 Å². The molecule has 0 bridgehead atoms. The van der Waals surface area contributed by atoms with E-state index in [4.69, 9.17) is 9.47 Å². The van der Waals surface area contributed by atoms with Gasteiger partial charge in [0.25, 0.3) is 0 Å². The molecule has 5 heteroatoms. The van der Waals surface area contributed by atoms with E-state index in [2.05, 4.69) is 24.9 Å². The van der Waals surface area contributed by atoms with Crippen molar-refractivity contribution in [1.29, 1.82) is 5.26 Å². The van der Waals surface area contributed by atoms with E-state index < -0.39 is 0 Å². The molecule has 0 fully saturated rings. The third-order valence-electron chi connectivity index (χ3n) is 3.72. The number of nitrogens with zero attached hydrogens (tertiary/aromatic N) is 2. The lowest BCUT2D eigenvalue weighted by molar-refractivity contribution is 0.257. The van der Waals surface area contributed by atoms with Gasteiger partial charge in [-0.25, -0.2) is 4.98 Å². The molecule has 0 N–H and O–H groups in total. The van der Waals surface area contributed by atoms with Gasteiger partial charge >= 0.3 is 0 Å². The van der Waals surface area contributed by atoms with Gasteiger partial charge in [0.1, 0.15) is 11.1 Å². The van der Waals surface area contributed by atoms with Crippen molar-refractivity contribution in [2.24, 2.45) is 5.92 Å². The largest absolute Gasteiger partial charge is 0.493 e. The van der Waals surface area contributed by atoms with Gasteiger partial charge in [-0.15, -0.1) is 11.3 Å². The second kappa shape index (κ2) is 8.03. The van der Waals surface area contributed by atoms with Crippen LogP contribution in [0.5, 0.6) is 11.5 Å². The molecule has 0 unspecified atom stereocenters. The number of nitriles is 1. The minimum Gasteiger partial charge on any atom is -0.493 e. The van der Waals surface area contributed by atoms with Crippen molar-refractivity contribution in [2.45, 2.75) is 13.8 Å². The first-order valence-electron chi connectivity index (χ1n) is 8.39. The molecular formula is C21H20N2O2S. The zero-order chi connectivity index (χ0) is 18.5. The molecule has 0 aliphatic heterocycles. The minimum atomic E-state index is 0.434. The highest BCUT2D eigenvalue weighted by Gasteiger charge is 2.10. The second-order valence-corrected chi connectivity index (χ2v) is 7.30. The molecule has 132 valence electrons. The molecule has 1 heterocycles. The number of hydrogen-bond donors (Lipinski definition) is 0. The number of fused-ring (bicyclic) bond motifs is 1. The van der Waals surface area contributed by atoms with Crippen LogP contribution in [-0.2, 0) is 0 Å². The maximum Gasteiger partial charge on any atom is 0.161 e. The fourth-order valence-electron chi connectivity index (χ4n) is 2.45. The van der Waals surface area contributed by atoms with Crippen LogP contribution in [0.2, 0.25) is 0 Å². The Morgan fingerprint density at radius 3 is 2.73 bits per heavy atom. The lowest BCUT2D eigenvalue weighted by atomic mass is 10.1. The van der Waals surface area contributed by atoms with Crippen molar-refractivity contribution in [3.05, 3.63) is 53.0 Å². The quantitative estimate of drug-likeness (QED) is 0.549. The SMILES string of the molecule is COc1cc(/C=C(\C#N)c2nc3ccccc3s2)ccc1OCC(C)C. The van der Waals surface area contributed by atoms with Gasteiger partial charge in [-0.1, -0.05) is 32.0 Å². The number of benzene rings is 2. The van der Waals surface area contributed by atoms with Crippen LogP contribution in [0.1, 0.15) is 24.4 Å². The monoisotopic (exact) mass is 364 g/mol. The van der Waals surface area contributed by atoms with Crippen LogP contribution in [0.4, 0.5) is 0 Å². The molecule has 0 radical (unpaired) electrons. The van der Waals surface area contributed by atoms with Gasteiger partial charge in [0.2, 0.25) is 0 Å². The molecule has 1 aromatic heterocycles. The molecule has 0 aliphatic rings. The summed E-state index contributed by atoms with van der Waals surface area (Å²) < 4.78 is 12.3. The first-order chi connectivity index (χ1) is 12.6. The Kier molecular flexibility index (Phi) is 5.55. The third-order valence-corrected chi connectivity index (χ3v) is 4.79. The van der Waals surface area contributed by atoms with Gasteiger partial charge in [-0.05, 0) is 41.8 Å². The van der Waals surface area contributed by atoms with E-state index in [0.717, 1.165) is 15.8 Å². The van der Waals surface area contributed by atoms with Crippen LogP contribution >= 0.6 is 11.3 Å². The van der Waals surface area contributed by atoms with Gasteiger partial charge < -0.3 is 9.47 Å². The van der Waals surface area contributed by atoms with Crippen LogP contribution in [0.15, 0.2) is 42.5 Å². The standard InChI is InChI=1S/C21H20N2O2S/c1-14(2)13-25-18-9-8-15(11-19(18)24-3)10-16(12-22)21-23-17-6-4-5-7-20(17)26-21/h4-11,14H,13H2,1-3H3/b16-10+. The van der Waals surface area contributed by atoms with Gasteiger partial charge in [-0.2, -0.15) is 5.26 Å². The number of aromatic nitrogens is 1. The molecule has 0 spiro atoms. The molecule has 0 aliphatic carbocycles. The van der Waals surface area contributed by atoms with Crippen molar-refractivity contribution in [3.63, 3.8) is 0 Å². The summed E-state index contributed by atoms with van der Waals surface area (Å²) in [5.74, 6) is 1.79.